The van der Waals surface area contributed by atoms with E-state index in [1.807, 2.05) is 24.3 Å². The normalized spacial score (nSPS) is 11.2. The maximum Gasteiger partial charge on any atom is 0.295 e. The maximum absolute atomic E-state index is 12.9. The summed E-state index contributed by atoms with van der Waals surface area (Å²) in [7, 11) is 1.71. The van der Waals surface area contributed by atoms with Gasteiger partial charge in [-0.15, -0.1) is 0 Å². The van der Waals surface area contributed by atoms with E-state index in [0.29, 0.717) is 22.0 Å². The molecule has 0 spiro atoms. The molecular formula is C21H16Cl2N4O2. The summed E-state index contributed by atoms with van der Waals surface area (Å²) in [5, 5.41) is 12.5. The zero-order chi connectivity index (χ0) is 21.1. The number of anilines is 1. The molecule has 6 nitrogen and oxygen atoms in total. The summed E-state index contributed by atoms with van der Waals surface area (Å²) in [4.78, 5) is 25.6. The second-order valence-corrected chi connectivity index (χ2v) is 6.99. The van der Waals surface area contributed by atoms with Crippen molar-refractivity contribution < 1.29 is 4.79 Å². The first-order chi connectivity index (χ1) is 13.8. The van der Waals surface area contributed by atoms with Gasteiger partial charge in [0.2, 0.25) is 0 Å². The molecule has 1 N–H and O–H groups in total. The number of aromatic nitrogens is 2. The molecule has 3 aromatic rings. The molecule has 0 bridgehead atoms. The van der Waals surface area contributed by atoms with Crippen LogP contribution < -0.4 is 10.9 Å². The SMILES string of the molecule is Cc1c(NC(=O)C(C#N)=Cc2cccc(Cl)c2Cl)c(=O)n(-c2ccccc2)n1C. The number of nitrogens with zero attached hydrogens (tertiary/aromatic N) is 3. The lowest BCUT2D eigenvalue weighted by atomic mass is 10.1. The van der Waals surface area contributed by atoms with Gasteiger partial charge in [-0.2, -0.15) is 5.26 Å². The molecule has 0 saturated heterocycles. The molecule has 0 radical (unpaired) electrons. The molecule has 0 aliphatic rings. The molecule has 0 atom stereocenters. The highest BCUT2D eigenvalue weighted by Gasteiger charge is 2.20. The number of amides is 1. The number of nitrogens with one attached hydrogen (secondary N) is 1. The number of halogens is 2. The third-order valence-corrected chi connectivity index (χ3v) is 5.27. The number of para-hydroxylation sites is 1. The van der Waals surface area contributed by atoms with Crippen molar-refractivity contribution >= 4 is 40.9 Å². The minimum Gasteiger partial charge on any atom is -0.315 e. The summed E-state index contributed by atoms with van der Waals surface area (Å²) in [6.45, 7) is 1.71. The van der Waals surface area contributed by atoms with Crippen molar-refractivity contribution in [2.45, 2.75) is 6.92 Å². The van der Waals surface area contributed by atoms with E-state index in [0.717, 1.165) is 0 Å². The fourth-order valence-electron chi connectivity index (χ4n) is 2.83. The van der Waals surface area contributed by atoms with E-state index in [2.05, 4.69) is 5.32 Å². The van der Waals surface area contributed by atoms with Crippen LogP contribution in [0, 0.1) is 18.3 Å². The molecule has 0 aliphatic carbocycles. The lowest BCUT2D eigenvalue weighted by Gasteiger charge is -2.07. The second kappa shape index (κ2) is 8.39. The Bertz CT molecular complexity index is 1220. The number of hydrogen-bond donors (Lipinski definition) is 1. The Hall–Kier alpha value is -3.27. The van der Waals surface area contributed by atoms with Crippen LogP contribution in [-0.4, -0.2) is 15.3 Å². The van der Waals surface area contributed by atoms with Crippen molar-refractivity contribution in [3.8, 4) is 11.8 Å². The highest BCUT2D eigenvalue weighted by Crippen LogP contribution is 2.27. The van der Waals surface area contributed by atoms with Crippen LogP contribution >= 0.6 is 23.2 Å². The van der Waals surface area contributed by atoms with Crippen LogP contribution in [0.3, 0.4) is 0 Å². The van der Waals surface area contributed by atoms with Gasteiger partial charge in [-0.1, -0.05) is 53.5 Å². The van der Waals surface area contributed by atoms with Gasteiger partial charge < -0.3 is 5.32 Å². The summed E-state index contributed by atoms with van der Waals surface area (Å²) in [5.74, 6) is -0.713. The summed E-state index contributed by atoms with van der Waals surface area (Å²) in [6.07, 6.45) is 1.33. The van der Waals surface area contributed by atoms with E-state index in [4.69, 9.17) is 23.2 Å². The predicted molar refractivity (Wildman–Crippen MR) is 114 cm³/mol. The van der Waals surface area contributed by atoms with Crippen LogP contribution in [0.25, 0.3) is 11.8 Å². The molecule has 29 heavy (non-hydrogen) atoms. The van der Waals surface area contributed by atoms with Crippen molar-refractivity contribution in [2.24, 2.45) is 7.05 Å². The molecule has 0 fully saturated rings. The number of nitriles is 1. The van der Waals surface area contributed by atoms with Gasteiger partial charge in [0.25, 0.3) is 11.5 Å². The Morgan fingerprint density at radius 1 is 1.14 bits per heavy atom. The van der Waals surface area contributed by atoms with Crippen molar-refractivity contribution in [3.63, 3.8) is 0 Å². The topological polar surface area (TPSA) is 79.8 Å². The van der Waals surface area contributed by atoms with E-state index in [1.165, 1.54) is 10.8 Å². The van der Waals surface area contributed by atoms with E-state index >= 15 is 0 Å². The minimum atomic E-state index is -0.713. The minimum absolute atomic E-state index is 0.0969. The Balaban J connectivity index is 1.99. The van der Waals surface area contributed by atoms with Gasteiger partial charge in [0, 0.05) is 7.05 Å². The number of benzene rings is 2. The first-order valence-electron chi connectivity index (χ1n) is 8.56. The summed E-state index contributed by atoms with van der Waals surface area (Å²) in [6, 6.07) is 15.8. The molecular weight excluding hydrogens is 411 g/mol. The number of carbonyl (C=O) groups is 1. The highest BCUT2D eigenvalue weighted by atomic mass is 35.5. The first kappa shape index (κ1) is 20.5. The molecule has 8 heteroatoms. The monoisotopic (exact) mass is 426 g/mol. The van der Waals surface area contributed by atoms with Crippen LogP contribution in [-0.2, 0) is 11.8 Å². The highest BCUT2D eigenvalue weighted by molar-refractivity contribution is 6.43. The van der Waals surface area contributed by atoms with Gasteiger partial charge in [0.1, 0.15) is 17.3 Å². The van der Waals surface area contributed by atoms with E-state index in [9.17, 15) is 14.9 Å². The molecule has 0 saturated carbocycles. The predicted octanol–water partition coefficient (Wildman–Crippen LogP) is 4.34. The standard InChI is InChI=1S/C21H16Cl2N4O2/c1-13-19(21(29)27(26(13)2)16-8-4-3-5-9-16)25-20(28)15(12-24)11-14-7-6-10-17(22)18(14)23/h3-11H,1-2H3,(H,25,28). The summed E-state index contributed by atoms with van der Waals surface area (Å²) < 4.78 is 3.07. The second-order valence-electron chi connectivity index (χ2n) is 6.20. The van der Waals surface area contributed by atoms with E-state index in [-0.39, 0.29) is 16.3 Å². The van der Waals surface area contributed by atoms with Gasteiger partial charge in [0.05, 0.1) is 21.4 Å². The smallest absolute Gasteiger partial charge is 0.295 e. The van der Waals surface area contributed by atoms with Crippen LogP contribution in [0.5, 0.6) is 0 Å². The summed E-state index contributed by atoms with van der Waals surface area (Å²) in [5.41, 5.74) is 1.12. The van der Waals surface area contributed by atoms with Crippen LogP contribution in [0.4, 0.5) is 5.69 Å². The van der Waals surface area contributed by atoms with Gasteiger partial charge in [0.15, 0.2) is 0 Å². The number of carbonyl (C=O) groups excluding carboxylic acids is 1. The van der Waals surface area contributed by atoms with E-state index in [1.54, 1.807) is 49.0 Å². The molecule has 0 aliphatic heterocycles. The van der Waals surface area contributed by atoms with Crippen molar-refractivity contribution in [3.05, 3.63) is 85.8 Å². The molecule has 1 amide bonds. The summed E-state index contributed by atoms with van der Waals surface area (Å²) >= 11 is 12.1. The van der Waals surface area contributed by atoms with Gasteiger partial charge in [-0.05, 0) is 36.8 Å². The first-order valence-corrected chi connectivity index (χ1v) is 9.32. The van der Waals surface area contributed by atoms with Crippen molar-refractivity contribution in [1.82, 2.24) is 9.36 Å². The Kier molecular flexibility index (Phi) is 5.92. The zero-order valence-corrected chi connectivity index (χ0v) is 17.1. The average molecular weight is 427 g/mol. The third kappa shape index (κ3) is 3.97. The lowest BCUT2D eigenvalue weighted by Crippen LogP contribution is -2.23. The Labute approximate surface area is 177 Å². The molecule has 3 rings (SSSR count). The van der Waals surface area contributed by atoms with Gasteiger partial charge >= 0.3 is 0 Å². The number of rotatable bonds is 4. The molecule has 1 aromatic heterocycles. The number of hydrogen-bond acceptors (Lipinski definition) is 3. The quantitative estimate of drug-likeness (QED) is 0.497. The molecule has 2 aromatic carbocycles. The fraction of sp³-hybridized carbons (Fsp3) is 0.0952. The van der Waals surface area contributed by atoms with E-state index < -0.39 is 11.5 Å². The Morgan fingerprint density at radius 2 is 1.83 bits per heavy atom. The molecule has 0 unspecified atom stereocenters. The van der Waals surface area contributed by atoms with Gasteiger partial charge in [-0.3, -0.25) is 14.3 Å². The Morgan fingerprint density at radius 3 is 2.48 bits per heavy atom. The van der Waals surface area contributed by atoms with Crippen LogP contribution in [0.15, 0.2) is 58.9 Å². The van der Waals surface area contributed by atoms with Crippen molar-refractivity contribution in [1.29, 1.82) is 5.26 Å². The largest absolute Gasteiger partial charge is 0.315 e. The zero-order valence-electron chi connectivity index (χ0n) is 15.6. The van der Waals surface area contributed by atoms with Crippen LogP contribution in [0.1, 0.15) is 11.3 Å². The van der Waals surface area contributed by atoms with Gasteiger partial charge in [-0.25, -0.2) is 4.68 Å². The fourth-order valence-corrected chi connectivity index (χ4v) is 3.19. The lowest BCUT2D eigenvalue weighted by molar-refractivity contribution is -0.112. The van der Waals surface area contributed by atoms with Crippen LogP contribution in [0.2, 0.25) is 10.0 Å². The molecule has 146 valence electrons. The van der Waals surface area contributed by atoms with Crippen molar-refractivity contribution in [2.75, 3.05) is 5.32 Å². The molecule has 1 heterocycles. The third-order valence-electron chi connectivity index (χ3n) is 4.44. The maximum atomic E-state index is 12.9. The average Bonchev–Trinajstić information content (AvgIpc) is 2.93.